The van der Waals surface area contributed by atoms with Crippen LogP contribution in [0.25, 0.3) is 0 Å². The molecule has 0 heterocycles. The monoisotopic (exact) mass is 623 g/mol. The van der Waals surface area contributed by atoms with E-state index in [-0.39, 0.29) is 42.2 Å². The van der Waals surface area contributed by atoms with Crippen molar-refractivity contribution < 1.29 is 48.8 Å². The average molecular weight is 624 g/mol. The topological polar surface area (TPSA) is 184 Å². The molecule has 1 amide bonds. The van der Waals surface area contributed by atoms with E-state index in [9.17, 15) is 44.1 Å². The van der Waals surface area contributed by atoms with Crippen molar-refractivity contribution in [3.63, 3.8) is 0 Å². The number of nitrogens with one attached hydrogen (secondary N) is 1. The van der Waals surface area contributed by atoms with Gasteiger partial charge in [-0.3, -0.25) is 24.0 Å². The molecule has 0 aromatic heterocycles. The molecule has 1 aromatic carbocycles. The molecule has 4 N–H and O–H groups in total. The Kier molecular flexibility index (Phi) is 8.89. The first-order valence-corrected chi connectivity index (χ1v) is 15.6. The molecule has 0 spiro atoms. The Hall–Kier alpha value is -3.70. The van der Waals surface area contributed by atoms with E-state index < -0.39 is 71.7 Å². The molecule has 3 saturated carbocycles. The van der Waals surface area contributed by atoms with Crippen molar-refractivity contribution in [3.05, 3.63) is 47.5 Å². The summed E-state index contributed by atoms with van der Waals surface area (Å²) in [4.78, 5) is 75.9. The highest BCUT2D eigenvalue weighted by molar-refractivity contribution is 5.95. The minimum absolute atomic E-state index is 0.00520. The van der Waals surface area contributed by atoms with Crippen LogP contribution in [-0.4, -0.2) is 68.8 Å². The number of aliphatic hydroxyl groups is 2. The highest BCUT2D eigenvalue weighted by atomic mass is 16.5. The molecule has 3 fully saturated rings. The van der Waals surface area contributed by atoms with E-state index in [0.29, 0.717) is 37.7 Å². The zero-order chi connectivity index (χ0) is 32.7. The van der Waals surface area contributed by atoms with Gasteiger partial charge in [0, 0.05) is 30.6 Å². The summed E-state index contributed by atoms with van der Waals surface area (Å²) in [5.74, 6) is -4.12. The summed E-state index contributed by atoms with van der Waals surface area (Å²) in [6, 6.07) is 6.33. The third kappa shape index (κ3) is 5.76. The summed E-state index contributed by atoms with van der Waals surface area (Å²) in [5.41, 5.74) is -1.96. The quantitative estimate of drug-likeness (QED) is 0.283. The lowest BCUT2D eigenvalue weighted by Crippen LogP contribution is -2.61. The van der Waals surface area contributed by atoms with E-state index in [2.05, 4.69) is 12.2 Å². The number of fused-ring (bicyclic) bond motifs is 5. The number of carboxylic acid groups (broad SMARTS) is 1. The number of allylic oxidation sites excluding steroid dienone is 1. The first-order chi connectivity index (χ1) is 21.2. The molecule has 4 aliphatic rings. The molecule has 0 bridgehead atoms. The van der Waals surface area contributed by atoms with Crippen molar-refractivity contribution in [1.29, 1.82) is 0 Å². The molecule has 0 radical (unpaired) electrons. The number of Topliss-reactive ketones (excluding diaryl/α,β-unsaturated/α-hetero) is 2. The van der Waals surface area contributed by atoms with E-state index >= 15 is 0 Å². The van der Waals surface area contributed by atoms with Crippen LogP contribution in [0.2, 0.25) is 0 Å². The van der Waals surface area contributed by atoms with Crippen LogP contribution in [-0.2, 0) is 33.5 Å². The Labute approximate surface area is 261 Å². The summed E-state index contributed by atoms with van der Waals surface area (Å²) < 4.78 is 5.14. The molecule has 0 unspecified atom stereocenters. The summed E-state index contributed by atoms with van der Waals surface area (Å²) >= 11 is 0. The van der Waals surface area contributed by atoms with E-state index in [1.54, 1.807) is 31.2 Å². The third-order valence-electron chi connectivity index (χ3n) is 11.2. The van der Waals surface area contributed by atoms with Crippen LogP contribution in [0.1, 0.15) is 83.3 Å². The van der Waals surface area contributed by atoms with Gasteiger partial charge >= 0.3 is 11.9 Å². The number of ether oxygens (including phenoxy) is 1. The normalized spacial score (nSPS) is 33.5. The molecule has 0 aliphatic heterocycles. The average Bonchev–Trinajstić information content (AvgIpc) is 3.28. The fourth-order valence-corrected chi connectivity index (χ4v) is 8.76. The lowest BCUT2D eigenvalue weighted by Gasteiger charge is -2.57. The predicted molar refractivity (Wildman–Crippen MR) is 158 cm³/mol. The zero-order valence-corrected chi connectivity index (χ0v) is 25.6. The maximum absolute atomic E-state index is 13.8. The Bertz CT molecular complexity index is 1440. The number of carboxylic acids is 1. The molecule has 5 rings (SSSR count). The molecule has 45 heavy (non-hydrogen) atoms. The van der Waals surface area contributed by atoms with Crippen molar-refractivity contribution in [2.45, 2.75) is 89.4 Å². The fraction of sp³-hybridized carbons (Fsp3) is 0.588. The second kappa shape index (κ2) is 12.2. The van der Waals surface area contributed by atoms with E-state index in [1.165, 1.54) is 12.1 Å². The molecule has 4 aliphatic carbocycles. The van der Waals surface area contributed by atoms with Crippen LogP contribution in [0.15, 0.2) is 42.0 Å². The van der Waals surface area contributed by atoms with Crippen LogP contribution in [0, 0.1) is 28.6 Å². The molecular formula is C34H41NO10. The molecule has 11 nitrogen and oxygen atoms in total. The Morgan fingerprint density at radius 2 is 1.73 bits per heavy atom. The van der Waals surface area contributed by atoms with Crippen LogP contribution in [0.3, 0.4) is 0 Å². The first kappa shape index (κ1) is 32.7. The number of ketones is 3. The summed E-state index contributed by atoms with van der Waals surface area (Å²) in [7, 11) is 0. The Morgan fingerprint density at radius 3 is 2.42 bits per heavy atom. The summed E-state index contributed by atoms with van der Waals surface area (Å²) in [6.07, 6.45) is 2.45. The number of rotatable bonds is 10. The largest absolute Gasteiger partial charge is 0.480 e. The van der Waals surface area contributed by atoms with Crippen molar-refractivity contribution in [1.82, 2.24) is 5.32 Å². The number of benzene rings is 1. The smallest absolute Gasteiger partial charge is 0.329 e. The van der Waals surface area contributed by atoms with Gasteiger partial charge in [0.25, 0.3) is 0 Å². The number of aliphatic hydroxyl groups excluding tert-OH is 1. The highest BCUT2D eigenvalue weighted by Gasteiger charge is 2.68. The zero-order valence-electron chi connectivity index (χ0n) is 25.6. The van der Waals surface area contributed by atoms with Crippen molar-refractivity contribution in [2.75, 3.05) is 6.61 Å². The van der Waals surface area contributed by atoms with E-state index in [1.807, 2.05) is 0 Å². The van der Waals surface area contributed by atoms with Gasteiger partial charge in [-0.15, -0.1) is 0 Å². The van der Waals surface area contributed by atoms with Crippen molar-refractivity contribution in [3.8, 4) is 0 Å². The molecule has 8 atom stereocenters. The van der Waals surface area contributed by atoms with Gasteiger partial charge in [0.2, 0.25) is 11.7 Å². The second-order valence-corrected chi connectivity index (χ2v) is 13.6. The predicted octanol–water partition coefficient (Wildman–Crippen LogP) is 2.62. The number of amides is 1. The Morgan fingerprint density at radius 1 is 1.02 bits per heavy atom. The number of carbonyl (C=O) groups is 6. The van der Waals surface area contributed by atoms with Gasteiger partial charge < -0.3 is 25.4 Å². The van der Waals surface area contributed by atoms with Crippen LogP contribution in [0.4, 0.5) is 0 Å². The first-order valence-electron chi connectivity index (χ1n) is 15.6. The van der Waals surface area contributed by atoms with Crippen LogP contribution < -0.4 is 5.32 Å². The van der Waals surface area contributed by atoms with E-state index in [4.69, 9.17) is 4.74 Å². The minimum Gasteiger partial charge on any atom is -0.480 e. The fourth-order valence-electron chi connectivity index (χ4n) is 8.76. The van der Waals surface area contributed by atoms with Gasteiger partial charge in [-0.2, -0.15) is 0 Å². The van der Waals surface area contributed by atoms with Gasteiger partial charge in [0.15, 0.2) is 18.4 Å². The maximum Gasteiger partial charge on any atom is 0.329 e. The molecule has 242 valence electrons. The van der Waals surface area contributed by atoms with Crippen molar-refractivity contribution >= 4 is 35.2 Å². The highest BCUT2D eigenvalue weighted by Crippen LogP contribution is 2.66. The lowest BCUT2D eigenvalue weighted by molar-refractivity contribution is -0.173. The van der Waals surface area contributed by atoms with Gasteiger partial charge in [-0.1, -0.05) is 49.8 Å². The van der Waals surface area contributed by atoms with Gasteiger partial charge in [0.05, 0.1) is 6.42 Å². The summed E-state index contributed by atoms with van der Waals surface area (Å²) in [5, 5.41) is 33.9. The Balaban J connectivity index is 1.17. The second-order valence-electron chi connectivity index (χ2n) is 13.6. The number of hydrogen-bond acceptors (Lipinski definition) is 9. The molecule has 11 heteroatoms. The van der Waals surface area contributed by atoms with E-state index in [0.717, 1.165) is 5.57 Å². The standard InChI is InChI=1S/C34H41NO10/c1-32-14-12-21(36)16-20(32)8-9-22-23-13-15-34(44,33(23,2)17-24(37)28(22)32)25(38)18-45-27(40)11-10-26(39)35-29(31(42)43)30(41)19-6-4-3-5-7-19/h3-7,16,22-23,28-30,41,44H,8-15,17-18H2,1-2H3,(H,35,39)(H,42,43)/t22-,23-,28-,29+,30-,32+,33-,34+/m1/s1. The van der Waals surface area contributed by atoms with Crippen LogP contribution >= 0.6 is 0 Å². The minimum atomic E-state index is -1.86. The number of carbonyl (C=O) groups excluding carboxylic acids is 5. The summed E-state index contributed by atoms with van der Waals surface area (Å²) in [6.45, 7) is 3.13. The van der Waals surface area contributed by atoms with Crippen LogP contribution in [0.5, 0.6) is 0 Å². The SMILES string of the molecule is C[C@]12CCC(=O)C=C1CC[C@@H]1[C@H]3CC[C@](O)(C(=O)COC(=O)CCC(=O)N[C@H](C(=O)O)[C@H](O)c4ccccc4)[C@]3(C)CC(=O)[C@@H]12. The number of esters is 1. The maximum atomic E-state index is 13.8. The molecule has 1 aromatic rings. The van der Waals surface area contributed by atoms with Gasteiger partial charge in [0.1, 0.15) is 17.5 Å². The molecule has 0 saturated heterocycles. The molecular weight excluding hydrogens is 582 g/mol. The lowest BCUT2D eigenvalue weighted by atomic mass is 9.46. The van der Waals surface area contributed by atoms with Gasteiger partial charge in [-0.25, -0.2) is 4.79 Å². The third-order valence-corrected chi connectivity index (χ3v) is 11.2. The number of aliphatic carboxylic acids is 1. The van der Waals surface area contributed by atoms with Gasteiger partial charge in [-0.05, 0) is 61.0 Å². The number of hydrogen-bond donors (Lipinski definition) is 4. The van der Waals surface area contributed by atoms with Crippen molar-refractivity contribution in [2.24, 2.45) is 28.6 Å².